The number of nitrogens with zero attached hydrogens (tertiary/aromatic N) is 3. The minimum absolute atomic E-state index is 0. The Bertz CT molecular complexity index is 1080. The summed E-state index contributed by atoms with van der Waals surface area (Å²) in [5, 5.41) is 5.66. The number of aryl methyl sites for hydroxylation is 1. The molecule has 1 unspecified atom stereocenters. The number of halogens is 2. The molecule has 2 fully saturated rings. The van der Waals surface area contributed by atoms with E-state index >= 15 is 0 Å². The van der Waals surface area contributed by atoms with Crippen LogP contribution in [-0.4, -0.2) is 62.0 Å². The van der Waals surface area contributed by atoms with E-state index in [1.54, 1.807) is 0 Å². The van der Waals surface area contributed by atoms with Gasteiger partial charge in [0.15, 0.2) is 5.58 Å². The van der Waals surface area contributed by atoms with Crippen molar-refractivity contribution in [3.8, 4) is 5.75 Å². The number of aromatic nitrogens is 1. The summed E-state index contributed by atoms with van der Waals surface area (Å²) in [7, 11) is 4.16. The van der Waals surface area contributed by atoms with Gasteiger partial charge < -0.3 is 18.9 Å². The summed E-state index contributed by atoms with van der Waals surface area (Å²) in [6, 6.07) is 15.1. The zero-order valence-electron chi connectivity index (χ0n) is 22.1. The second-order valence-corrected chi connectivity index (χ2v) is 10.6. The van der Waals surface area contributed by atoms with Gasteiger partial charge in [0.25, 0.3) is 0 Å². The highest BCUT2D eigenvalue weighted by Crippen LogP contribution is 2.33. The van der Waals surface area contributed by atoms with E-state index in [2.05, 4.69) is 71.5 Å². The number of rotatable bonds is 10. The number of piperidine rings is 1. The molecule has 2 aliphatic heterocycles. The van der Waals surface area contributed by atoms with Crippen LogP contribution in [0.2, 0.25) is 0 Å². The van der Waals surface area contributed by atoms with Crippen molar-refractivity contribution < 1.29 is 14.0 Å². The van der Waals surface area contributed by atoms with Crippen molar-refractivity contribution in [2.75, 3.05) is 47.0 Å². The van der Waals surface area contributed by atoms with Crippen LogP contribution >= 0.6 is 24.8 Å². The molecule has 8 heteroatoms. The molecule has 2 saturated heterocycles. The molecule has 0 spiro atoms. The highest BCUT2D eigenvalue weighted by Gasteiger charge is 2.23. The first-order valence-corrected chi connectivity index (χ1v) is 13.2. The van der Waals surface area contributed by atoms with Gasteiger partial charge in [-0.2, -0.15) is 0 Å². The minimum atomic E-state index is 0. The monoisotopic (exact) mass is 549 g/mol. The number of benzene rings is 2. The highest BCUT2D eigenvalue weighted by atomic mass is 35.5. The molecule has 6 nitrogen and oxygen atoms in total. The van der Waals surface area contributed by atoms with Gasteiger partial charge in [-0.05, 0) is 82.9 Å². The maximum Gasteiger partial charge on any atom is 0.175 e. The third-order valence-electron chi connectivity index (χ3n) is 7.49. The number of hydrogen-bond donors (Lipinski definition) is 0. The molecule has 0 N–H and O–H groups in total. The highest BCUT2D eigenvalue weighted by molar-refractivity contribution is 5.86. The molecule has 2 aromatic carbocycles. The molecular weight excluding hydrogens is 509 g/mol. The van der Waals surface area contributed by atoms with Crippen LogP contribution in [0.3, 0.4) is 0 Å². The average molecular weight is 551 g/mol. The molecule has 1 aromatic heterocycles. The summed E-state index contributed by atoms with van der Waals surface area (Å²) >= 11 is 0. The third kappa shape index (κ3) is 7.84. The van der Waals surface area contributed by atoms with Crippen molar-refractivity contribution in [1.29, 1.82) is 0 Å². The molecule has 0 radical (unpaired) electrons. The van der Waals surface area contributed by atoms with Crippen LogP contribution in [0.4, 0.5) is 0 Å². The van der Waals surface area contributed by atoms with Gasteiger partial charge in [0, 0.05) is 31.0 Å². The molecule has 3 aromatic rings. The fourth-order valence-electron chi connectivity index (χ4n) is 5.41. The zero-order chi connectivity index (χ0) is 24.0. The maximum absolute atomic E-state index is 6.25. The molecule has 37 heavy (non-hydrogen) atoms. The summed E-state index contributed by atoms with van der Waals surface area (Å²) in [4.78, 5) is 4.75. The van der Waals surface area contributed by atoms with Crippen LogP contribution in [0.15, 0.2) is 47.0 Å². The van der Waals surface area contributed by atoms with Crippen LogP contribution in [0.5, 0.6) is 5.75 Å². The van der Waals surface area contributed by atoms with Crippen molar-refractivity contribution in [3.63, 3.8) is 0 Å². The molecule has 0 bridgehead atoms. The first kappa shape index (κ1) is 29.7. The molecule has 204 valence electrons. The molecule has 0 aliphatic carbocycles. The lowest BCUT2D eigenvalue weighted by molar-refractivity contribution is 0.166. The summed E-state index contributed by atoms with van der Waals surface area (Å²) < 4.78 is 17.7. The number of likely N-dealkylation sites (tertiary alicyclic amines) is 1. The van der Waals surface area contributed by atoms with Gasteiger partial charge in [-0.25, -0.2) is 0 Å². The maximum atomic E-state index is 6.25. The molecule has 3 heterocycles. The molecule has 0 amide bonds. The Balaban J connectivity index is 0.00000190. The lowest BCUT2D eigenvalue weighted by Gasteiger charge is -2.32. The SMILES string of the molecule is CN(C)Cc1c(OCC2CCOC2)ccc2c(CCC3CCN(Cc4ccccc4)CC3)noc12.Cl.Cl. The van der Waals surface area contributed by atoms with Crippen molar-refractivity contribution in [2.45, 2.75) is 45.2 Å². The van der Waals surface area contributed by atoms with Gasteiger partial charge in [0.05, 0.1) is 24.5 Å². The average Bonchev–Trinajstić information content (AvgIpc) is 3.54. The van der Waals surface area contributed by atoms with E-state index in [0.29, 0.717) is 12.5 Å². The van der Waals surface area contributed by atoms with E-state index in [9.17, 15) is 0 Å². The molecule has 1 atom stereocenters. The van der Waals surface area contributed by atoms with Gasteiger partial charge in [0.2, 0.25) is 0 Å². The Hall–Kier alpha value is -1.83. The summed E-state index contributed by atoms with van der Waals surface area (Å²) in [5.41, 5.74) is 4.47. The van der Waals surface area contributed by atoms with Crippen molar-refractivity contribution >= 4 is 35.8 Å². The Morgan fingerprint density at radius 1 is 1.00 bits per heavy atom. The van der Waals surface area contributed by atoms with Crippen molar-refractivity contribution in [1.82, 2.24) is 15.0 Å². The van der Waals surface area contributed by atoms with E-state index in [-0.39, 0.29) is 24.8 Å². The summed E-state index contributed by atoms with van der Waals surface area (Å²) in [5.74, 6) is 2.14. The first-order chi connectivity index (χ1) is 17.2. The van der Waals surface area contributed by atoms with Gasteiger partial charge >= 0.3 is 0 Å². The molecule has 0 saturated carbocycles. The predicted octanol–water partition coefficient (Wildman–Crippen LogP) is 5.99. The second-order valence-electron chi connectivity index (χ2n) is 10.6. The topological polar surface area (TPSA) is 51.0 Å². The van der Waals surface area contributed by atoms with E-state index in [1.165, 1.54) is 37.9 Å². The largest absolute Gasteiger partial charge is 0.493 e. The Morgan fingerprint density at radius 3 is 2.49 bits per heavy atom. The summed E-state index contributed by atoms with van der Waals surface area (Å²) in [6.07, 6.45) is 5.73. The van der Waals surface area contributed by atoms with Gasteiger partial charge in [0.1, 0.15) is 5.75 Å². The van der Waals surface area contributed by atoms with Crippen LogP contribution in [0.25, 0.3) is 11.0 Å². The Morgan fingerprint density at radius 2 is 1.78 bits per heavy atom. The zero-order valence-corrected chi connectivity index (χ0v) is 23.7. The van der Waals surface area contributed by atoms with E-state index < -0.39 is 0 Å². The number of hydrogen-bond acceptors (Lipinski definition) is 6. The molecular formula is C29H41Cl2N3O3. The third-order valence-corrected chi connectivity index (χ3v) is 7.49. The molecule has 5 rings (SSSR count). The van der Waals surface area contributed by atoms with E-state index in [0.717, 1.165) is 73.0 Å². The van der Waals surface area contributed by atoms with Crippen LogP contribution < -0.4 is 4.74 Å². The number of fused-ring (bicyclic) bond motifs is 1. The smallest absolute Gasteiger partial charge is 0.175 e. The quantitative estimate of drug-likeness (QED) is 0.309. The van der Waals surface area contributed by atoms with E-state index in [4.69, 9.17) is 14.0 Å². The van der Waals surface area contributed by atoms with Crippen LogP contribution in [0.1, 0.15) is 42.5 Å². The fourth-order valence-corrected chi connectivity index (χ4v) is 5.41. The minimum Gasteiger partial charge on any atom is -0.493 e. The lowest BCUT2D eigenvalue weighted by atomic mass is 9.91. The van der Waals surface area contributed by atoms with Crippen LogP contribution in [0, 0.1) is 11.8 Å². The van der Waals surface area contributed by atoms with Crippen LogP contribution in [-0.2, 0) is 24.2 Å². The lowest BCUT2D eigenvalue weighted by Crippen LogP contribution is -2.33. The fraction of sp³-hybridized carbons (Fsp3) is 0.552. The Kier molecular flexibility index (Phi) is 11.5. The first-order valence-electron chi connectivity index (χ1n) is 13.2. The van der Waals surface area contributed by atoms with Gasteiger partial charge in [-0.3, -0.25) is 4.90 Å². The Labute approximate surface area is 233 Å². The summed E-state index contributed by atoms with van der Waals surface area (Å²) in [6.45, 7) is 6.52. The van der Waals surface area contributed by atoms with Crippen molar-refractivity contribution in [2.24, 2.45) is 11.8 Å². The second kappa shape index (κ2) is 14.4. The van der Waals surface area contributed by atoms with Gasteiger partial charge in [-0.1, -0.05) is 35.5 Å². The number of ether oxygens (including phenoxy) is 2. The standard InChI is InChI=1S/C29H39N3O3.2ClH/c1-31(2)19-26-28(34-21-24-14-17-33-20-24)11-9-25-27(30-35-29(25)26)10-8-22-12-15-32(16-13-22)18-23-6-4-3-5-7-23;;/h3-7,9,11,22,24H,8,10,12-21H2,1-2H3;2*1H. The van der Waals surface area contributed by atoms with Crippen molar-refractivity contribution in [3.05, 3.63) is 59.3 Å². The normalized spacial score (nSPS) is 18.6. The van der Waals surface area contributed by atoms with E-state index in [1.807, 2.05) is 0 Å². The predicted molar refractivity (Wildman–Crippen MR) is 153 cm³/mol. The van der Waals surface area contributed by atoms with Gasteiger partial charge in [-0.15, -0.1) is 24.8 Å². The molecule has 2 aliphatic rings.